The van der Waals surface area contributed by atoms with E-state index in [1.54, 1.807) is 0 Å². The molecule has 0 spiro atoms. The van der Waals surface area contributed by atoms with Gasteiger partial charge in [0.1, 0.15) is 0 Å². The SMILES string of the molecule is CC(O)C(N)C/C=C/C(F)(F)C(=O)O. The summed E-state index contributed by atoms with van der Waals surface area (Å²) in [6, 6.07) is -0.671. The van der Waals surface area contributed by atoms with Crippen LogP contribution in [0.15, 0.2) is 12.2 Å². The third-order valence-electron chi connectivity index (χ3n) is 1.64. The first-order chi connectivity index (χ1) is 6.27. The van der Waals surface area contributed by atoms with Gasteiger partial charge in [-0.1, -0.05) is 6.08 Å². The summed E-state index contributed by atoms with van der Waals surface area (Å²) in [6.07, 6.45) is 0.391. The van der Waals surface area contributed by atoms with Crippen LogP contribution in [-0.4, -0.2) is 34.3 Å². The fourth-order valence-corrected chi connectivity index (χ4v) is 0.641. The van der Waals surface area contributed by atoms with Crippen molar-refractivity contribution in [2.45, 2.75) is 31.4 Å². The van der Waals surface area contributed by atoms with Crippen LogP contribution in [0.25, 0.3) is 0 Å². The summed E-state index contributed by atoms with van der Waals surface area (Å²) in [5.74, 6) is -6.09. The van der Waals surface area contributed by atoms with Crippen LogP contribution in [0.4, 0.5) is 8.78 Å². The predicted molar refractivity (Wildman–Crippen MR) is 46.0 cm³/mol. The fourth-order valence-electron chi connectivity index (χ4n) is 0.641. The number of carbonyl (C=O) groups is 1. The number of nitrogens with two attached hydrogens (primary N) is 1. The monoisotopic (exact) mass is 209 g/mol. The summed E-state index contributed by atoms with van der Waals surface area (Å²) in [4.78, 5) is 9.95. The van der Waals surface area contributed by atoms with Crippen molar-refractivity contribution in [2.24, 2.45) is 5.73 Å². The first-order valence-electron chi connectivity index (χ1n) is 4.00. The van der Waals surface area contributed by atoms with Crippen LogP contribution in [0.5, 0.6) is 0 Å². The third-order valence-corrected chi connectivity index (χ3v) is 1.64. The molecule has 0 radical (unpaired) electrons. The lowest BCUT2D eigenvalue weighted by atomic mass is 10.1. The lowest BCUT2D eigenvalue weighted by Crippen LogP contribution is -2.32. The van der Waals surface area contributed by atoms with Gasteiger partial charge in [-0.3, -0.25) is 0 Å². The van der Waals surface area contributed by atoms with Crippen molar-refractivity contribution < 1.29 is 23.8 Å². The molecule has 0 bridgehead atoms. The maximum Gasteiger partial charge on any atom is 0.378 e. The first-order valence-corrected chi connectivity index (χ1v) is 4.00. The summed E-state index contributed by atoms with van der Waals surface area (Å²) in [5, 5.41) is 16.9. The molecule has 0 rings (SSSR count). The smallest absolute Gasteiger partial charge is 0.378 e. The Labute approximate surface area is 80.0 Å². The van der Waals surface area contributed by atoms with Gasteiger partial charge < -0.3 is 15.9 Å². The number of hydrogen-bond acceptors (Lipinski definition) is 3. The molecule has 2 atom stereocenters. The highest BCUT2D eigenvalue weighted by Crippen LogP contribution is 2.15. The number of rotatable bonds is 5. The number of aliphatic carboxylic acids is 1. The topological polar surface area (TPSA) is 83.5 Å². The Balaban J connectivity index is 4.13. The van der Waals surface area contributed by atoms with Crippen LogP contribution in [0.3, 0.4) is 0 Å². The van der Waals surface area contributed by atoms with Gasteiger partial charge in [0.05, 0.1) is 6.10 Å². The largest absolute Gasteiger partial charge is 0.477 e. The number of alkyl halides is 2. The van der Waals surface area contributed by atoms with Crippen molar-refractivity contribution in [3.05, 3.63) is 12.2 Å². The van der Waals surface area contributed by atoms with Gasteiger partial charge in [-0.25, -0.2) is 4.79 Å². The maximum absolute atomic E-state index is 12.4. The second-order valence-electron chi connectivity index (χ2n) is 2.97. The standard InChI is InChI=1S/C8H13F2NO3/c1-5(12)6(11)3-2-4-8(9,10)7(13)14/h2,4-6,12H,3,11H2,1H3,(H,13,14)/b4-2+. The number of hydrogen-bond donors (Lipinski definition) is 3. The van der Waals surface area contributed by atoms with Gasteiger partial charge >= 0.3 is 11.9 Å². The first kappa shape index (κ1) is 13.0. The second kappa shape index (κ2) is 5.02. The Morgan fingerprint density at radius 2 is 2.14 bits per heavy atom. The van der Waals surface area contributed by atoms with E-state index in [4.69, 9.17) is 15.9 Å². The Kier molecular flexibility index (Phi) is 4.65. The van der Waals surface area contributed by atoms with Gasteiger partial charge in [0.15, 0.2) is 0 Å². The number of carboxylic acid groups (broad SMARTS) is 1. The summed E-state index contributed by atoms with van der Waals surface area (Å²) in [7, 11) is 0. The highest BCUT2D eigenvalue weighted by atomic mass is 19.3. The maximum atomic E-state index is 12.4. The molecule has 0 saturated carbocycles. The fraction of sp³-hybridized carbons (Fsp3) is 0.625. The molecule has 0 aromatic heterocycles. The van der Waals surface area contributed by atoms with Gasteiger partial charge in [-0.05, 0) is 19.4 Å². The van der Waals surface area contributed by atoms with E-state index < -0.39 is 24.0 Å². The normalized spacial score (nSPS) is 16.9. The van der Waals surface area contributed by atoms with E-state index in [-0.39, 0.29) is 12.5 Å². The van der Waals surface area contributed by atoms with Crippen LogP contribution in [0.1, 0.15) is 13.3 Å². The average Bonchev–Trinajstić information content (AvgIpc) is 2.03. The summed E-state index contributed by atoms with van der Waals surface area (Å²) >= 11 is 0. The molecule has 14 heavy (non-hydrogen) atoms. The quantitative estimate of drug-likeness (QED) is 0.571. The second-order valence-corrected chi connectivity index (χ2v) is 2.97. The van der Waals surface area contributed by atoms with Crippen molar-refractivity contribution in [1.82, 2.24) is 0 Å². The molecule has 0 saturated heterocycles. The van der Waals surface area contributed by atoms with Crippen molar-refractivity contribution in [3.63, 3.8) is 0 Å². The predicted octanol–water partition coefficient (Wildman–Crippen LogP) is 0.361. The van der Waals surface area contributed by atoms with Gasteiger partial charge in [-0.15, -0.1) is 0 Å². The molecule has 0 amide bonds. The molecule has 0 aromatic carbocycles. The highest BCUT2D eigenvalue weighted by molar-refractivity contribution is 5.77. The zero-order valence-electron chi connectivity index (χ0n) is 7.65. The lowest BCUT2D eigenvalue weighted by Gasteiger charge is -2.12. The van der Waals surface area contributed by atoms with Gasteiger partial charge in [0.2, 0.25) is 0 Å². The Morgan fingerprint density at radius 3 is 2.50 bits per heavy atom. The lowest BCUT2D eigenvalue weighted by molar-refractivity contribution is -0.158. The van der Waals surface area contributed by atoms with Crippen LogP contribution in [0.2, 0.25) is 0 Å². The Hall–Kier alpha value is -1.01. The molecular formula is C8H13F2NO3. The molecule has 82 valence electrons. The zero-order valence-corrected chi connectivity index (χ0v) is 7.65. The zero-order chi connectivity index (χ0) is 11.4. The van der Waals surface area contributed by atoms with Crippen molar-refractivity contribution >= 4 is 5.97 Å². The minimum absolute atomic E-state index is 0.000532. The van der Waals surface area contributed by atoms with E-state index in [1.807, 2.05) is 0 Å². The minimum Gasteiger partial charge on any atom is -0.477 e. The van der Waals surface area contributed by atoms with Crippen LogP contribution >= 0.6 is 0 Å². The third kappa shape index (κ3) is 4.29. The number of aliphatic hydroxyl groups excluding tert-OH is 1. The van der Waals surface area contributed by atoms with Crippen LogP contribution in [0, 0.1) is 0 Å². The van der Waals surface area contributed by atoms with Crippen LogP contribution < -0.4 is 5.73 Å². The molecule has 0 aliphatic carbocycles. The van der Waals surface area contributed by atoms with Crippen molar-refractivity contribution in [2.75, 3.05) is 0 Å². The van der Waals surface area contributed by atoms with E-state index in [1.165, 1.54) is 6.92 Å². The Morgan fingerprint density at radius 1 is 1.64 bits per heavy atom. The molecule has 0 heterocycles. The molecule has 6 heteroatoms. The average molecular weight is 209 g/mol. The highest BCUT2D eigenvalue weighted by Gasteiger charge is 2.35. The van der Waals surface area contributed by atoms with E-state index in [0.29, 0.717) is 0 Å². The molecule has 2 unspecified atom stereocenters. The number of carboxylic acids is 1. The summed E-state index contributed by atoms with van der Waals surface area (Å²) in [6.45, 7) is 1.42. The van der Waals surface area contributed by atoms with E-state index in [2.05, 4.69) is 0 Å². The Bertz CT molecular complexity index is 229. The van der Waals surface area contributed by atoms with Crippen molar-refractivity contribution in [3.8, 4) is 0 Å². The summed E-state index contributed by atoms with van der Waals surface area (Å²) < 4.78 is 24.8. The number of halogens is 2. The summed E-state index contributed by atoms with van der Waals surface area (Å²) in [5.41, 5.74) is 5.33. The molecule has 4 N–H and O–H groups in total. The van der Waals surface area contributed by atoms with E-state index >= 15 is 0 Å². The molecule has 0 aliphatic heterocycles. The minimum atomic E-state index is -3.88. The molecular weight excluding hydrogens is 196 g/mol. The van der Waals surface area contributed by atoms with E-state index in [9.17, 15) is 13.6 Å². The number of aliphatic hydroxyl groups is 1. The van der Waals surface area contributed by atoms with Gasteiger partial charge in [0.25, 0.3) is 0 Å². The molecule has 4 nitrogen and oxygen atoms in total. The molecule has 0 aliphatic rings. The molecule has 0 fully saturated rings. The van der Waals surface area contributed by atoms with Gasteiger partial charge in [0, 0.05) is 6.04 Å². The molecule has 0 aromatic rings. The van der Waals surface area contributed by atoms with Crippen molar-refractivity contribution in [1.29, 1.82) is 0 Å². The van der Waals surface area contributed by atoms with E-state index in [0.717, 1.165) is 6.08 Å². The van der Waals surface area contributed by atoms with Crippen LogP contribution in [-0.2, 0) is 4.79 Å². The van der Waals surface area contributed by atoms with Gasteiger partial charge in [-0.2, -0.15) is 8.78 Å².